The van der Waals surface area contributed by atoms with Gasteiger partial charge in [-0.25, -0.2) is 0 Å². The van der Waals surface area contributed by atoms with Gasteiger partial charge in [0, 0.05) is 48.8 Å². The molecule has 2 aromatic heterocycles. The maximum Gasteiger partial charge on any atom is 0.0971 e. The first-order valence-corrected chi connectivity index (χ1v) is 20.8. The Balaban J connectivity index is 0.872. The smallest absolute Gasteiger partial charge is 0.0971 e. The Hall–Kier alpha value is -6.94. The molecule has 12 rings (SSSR count). The van der Waals surface area contributed by atoms with Crippen molar-refractivity contribution < 1.29 is 0 Å². The first-order chi connectivity index (χ1) is 28.5. The molecule has 1 aliphatic carbocycles. The molecule has 11 aromatic rings. The lowest BCUT2D eigenvalue weighted by atomic mass is 9.80. The third kappa shape index (κ3) is 4.97. The zero-order chi connectivity index (χ0) is 38.5. The second-order valence-corrected chi connectivity index (χ2v) is 17.2. The molecule has 58 heavy (non-hydrogen) atoms. The van der Waals surface area contributed by atoms with Gasteiger partial charge in [0.1, 0.15) is 0 Å². The molecular weight excluding hydrogens is 721 g/mol. The van der Waals surface area contributed by atoms with E-state index < -0.39 is 0 Å². The second kappa shape index (κ2) is 12.5. The summed E-state index contributed by atoms with van der Waals surface area (Å²) in [5.74, 6) is 0. The summed E-state index contributed by atoms with van der Waals surface area (Å²) in [5, 5.41) is 7.34. The Labute approximate surface area is 340 Å². The number of aromatic nitrogens is 2. The van der Waals surface area contributed by atoms with E-state index in [1.54, 1.807) is 12.4 Å². The van der Waals surface area contributed by atoms with Crippen LogP contribution < -0.4 is 0 Å². The molecule has 0 radical (unpaired) electrons. The van der Waals surface area contributed by atoms with Gasteiger partial charge in [-0.15, -0.1) is 11.3 Å². The van der Waals surface area contributed by atoms with Gasteiger partial charge in [-0.2, -0.15) is 0 Å². The molecule has 0 saturated heterocycles. The molecule has 0 atom stereocenters. The molecule has 0 spiro atoms. The van der Waals surface area contributed by atoms with Crippen molar-refractivity contribution >= 4 is 64.1 Å². The number of hydrogen-bond donors (Lipinski definition) is 0. The number of nitrogens with zero attached hydrogens (tertiary/aromatic N) is 2. The first-order valence-electron chi connectivity index (χ1n) is 20.0. The average molecular weight is 757 g/mol. The number of hydrogen-bond acceptors (Lipinski definition) is 3. The Morgan fingerprint density at radius 2 is 0.879 bits per heavy atom. The molecule has 1 aliphatic rings. The van der Waals surface area contributed by atoms with Crippen molar-refractivity contribution in [2.45, 2.75) is 19.3 Å². The van der Waals surface area contributed by atoms with E-state index in [9.17, 15) is 0 Å². The van der Waals surface area contributed by atoms with E-state index in [1.807, 2.05) is 11.3 Å². The van der Waals surface area contributed by atoms with Crippen molar-refractivity contribution in [1.29, 1.82) is 0 Å². The molecule has 0 unspecified atom stereocenters. The van der Waals surface area contributed by atoms with Crippen LogP contribution in [0.3, 0.4) is 0 Å². The molecule has 9 aromatic carbocycles. The molecule has 0 amide bonds. The molecule has 272 valence electrons. The summed E-state index contributed by atoms with van der Waals surface area (Å²) < 4.78 is 2.69. The normalized spacial score (nSPS) is 13.1. The van der Waals surface area contributed by atoms with E-state index in [2.05, 4.69) is 184 Å². The lowest BCUT2D eigenvalue weighted by Crippen LogP contribution is -2.15. The fraction of sp³-hybridized carbons (Fsp3) is 0.0545. The fourth-order valence-electron chi connectivity index (χ4n) is 9.60. The monoisotopic (exact) mass is 756 g/mol. The highest BCUT2D eigenvalue weighted by molar-refractivity contribution is 7.26. The molecule has 0 aliphatic heterocycles. The fourth-order valence-corrected chi connectivity index (χ4v) is 10.8. The van der Waals surface area contributed by atoms with Gasteiger partial charge in [-0.1, -0.05) is 153 Å². The second-order valence-electron chi connectivity index (χ2n) is 16.1. The van der Waals surface area contributed by atoms with Crippen LogP contribution in [0.1, 0.15) is 25.0 Å². The number of benzene rings is 9. The van der Waals surface area contributed by atoms with Crippen LogP contribution >= 0.6 is 11.3 Å². The molecule has 0 fully saturated rings. The van der Waals surface area contributed by atoms with E-state index in [1.165, 1.54) is 97.7 Å². The van der Waals surface area contributed by atoms with E-state index >= 15 is 0 Å². The third-order valence-corrected chi connectivity index (χ3v) is 13.8. The van der Waals surface area contributed by atoms with Crippen LogP contribution in [0.25, 0.3) is 108 Å². The Morgan fingerprint density at radius 1 is 0.362 bits per heavy atom. The topological polar surface area (TPSA) is 25.8 Å². The Kier molecular flexibility index (Phi) is 7.18. The molecule has 2 heterocycles. The van der Waals surface area contributed by atoms with Gasteiger partial charge >= 0.3 is 0 Å². The van der Waals surface area contributed by atoms with Crippen LogP contribution in [-0.4, -0.2) is 9.97 Å². The van der Waals surface area contributed by atoms with E-state index in [0.29, 0.717) is 0 Å². The largest absolute Gasteiger partial charge is 0.252 e. The van der Waals surface area contributed by atoms with E-state index in [0.717, 1.165) is 21.8 Å². The van der Waals surface area contributed by atoms with Gasteiger partial charge < -0.3 is 0 Å². The maximum absolute atomic E-state index is 4.81. The highest BCUT2D eigenvalue weighted by atomic mass is 32.1. The molecule has 0 saturated carbocycles. The zero-order valence-corrected chi connectivity index (χ0v) is 32.9. The minimum atomic E-state index is -0.145. The highest BCUT2D eigenvalue weighted by Gasteiger charge is 2.36. The van der Waals surface area contributed by atoms with Gasteiger partial charge in [0.05, 0.1) is 11.0 Å². The van der Waals surface area contributed by atoms with Crippen LogP contribution in [0.5, 0.6) is 0 Å². The quantitative estimate of drug-likeness (QED) is 0.167. The van der Waals surface area contributed by atoms with Crippen molar-refractivity contribution in [3.8, 4) is 55.6 Å². The van der Waals surface area contributed by atoms with Crippen LogP contribution in [-0.2, 0) is 5.41 Å². The van der Waals surface area contributed by atoms with Crippen LogP contribution in [0.4, 0.5) is 0 Å². The number of thiophene rings is 1. The Bertz CT molecular complexity index is 3450. The van der Waals surface area contributed by atoms with Crippen molar-refractivity contribution in [3.05, 3.63) is 193 Å². The minimum Gasteiger partial charge on any atom is -0.252 e. The van der Waals surface area contributed by atoms with Gasteiger partial charge in [0.2, 0.25) is 0 Å². The summed E-state index contributed by atoms with van der Waals surface area (Å²) in [7, 11) is 0. The zero-order valence-electron chi connectivity index (χ0n) is 32.1. The van der Waals surface area contributed by atoms with Crippen LogP contribution in [0.15, 0.2) is 182 Å². The van der Waals surface area contributed by atoms with Gasteiger partial charge in [-0.05, 0) is 108 Å². The minimum absolute atomic E-state index is 0.145. The van der Waals surface area contributed by atoms with Gasteiger partial charge in [0.25, 0.3) is 0 Å². The van der Waals surface area contributed by atoms with E-state index in [4.69, 9.17) is 9.97 Å². The average Bonchev–Trinajstić information content (AvgIpc) is 3.78. The standard InChI is InChI=1S/C55H36N2S/c1-55(2)49-31-38(33-17-19-34(20-18-33)40-14-8-15-47-45-12-5-6-16-51(45)58-54(40)47)22-25-43(49)44-26-23-39(32-50(44)55)36-10-7-9-35(29-36)37-21-24-42-41-11-3-4-13-46(41)52-53(48(42)30-37)57-28-27-56-52/h3-32H,1-2H3. The predicted octanol–water partition coefficient (Wildman–Crippen LogP) is 15.3. The van der Waals surface area contributed by atoms with Crippen LogP contribution in [0.2, 0.25) is 0 Å². The third-order valence-electron chi connectivity index (χ3n) is 12.6. The molecule has 2 nitrogen and oxygen atoms in total. The summed E-state index contributed by atoms with van der Waals surface area (Å²) in [5.41, 5.74) is 17.0. The SMILES string of the molecule is CC1(C)c2cc(-c3ccc(-c4cccc5c4sc4ccccc45)cc3)ccc2-c2ccc(-c3cccc(-c4ccc5c6ccccc6c6nccnc6c5c4)c3)cc21. The van der Waals surface area contributed by atoms with Gasteiger partial charge in [-0.3, -0.25) is 9.97 Å². The van der Waals surface area contributed by atoms with Crippen molar-refractivity contribution in [1.82, 2.24) is 9.97 Å². The highest BCUT2D eigenvalue weighted by Crippen LogP contribution is 2.51. The summed E-state index contributed by atoms with van der Waals surface area (Å²) in [4.78, 5) is 9.57. The molecular formula is C55H36N2S. The summed E-state index contributed by atoms with van der Waals surface area (Å²) in [6, 6.07) is 62.9. The lowest BCUT2D eigenvalue weighted by Gasteiger charge is -2.23. The van der Waals surface area contributed by atoms with Crippen molar-refractivity contribution in [2.75, 3.05) is 0 Å². The summed E-state index contributed by atoms with van der Waals surface area (Å²) >= 11 is 1.89. The summed E-state index contributed by atoms with van der Waals surface area (Å²) in [6.45, 7) is 4.75. The molecule has 0 N–H and O–H groups in total. The molecule has 0 bridgehead atoms. The Morgan fingerprint density at radius 3 is 1.62 bits per heavy atom. The van der Waals surface area contributed by atoms with Gasteiger partial charge in [0.15, 0.2) is 0 Å². The van der Waals surface area contributed by atoms with E-state index in [-0.39, 0.29) is 5.41 Å². The maximum atomic E-state index is 4.81. The summed E-state index contributed by atoms with van der Waals surface area (Å²) in [6.07, 6.45) is 3.58. The first kappa shape index (κ1) is 33.2. The lowest BCUT2D eigenvalue weighted by molar-refractivity contribution is 0.661. The molecule has 3 heteroatoms. The number of fused-ring (bicyclic) bond motifs is 12. The van der Waals surface area contributed by atoms with Crippen molar-refractivity contribution in [2.24, 2.45) is 0 Å². The van der Waals surface area contributed by atoms with Crippen molar-refractivity contribution in [3.63, 3.8) is 0 Å². The predicted molar refractivity (Wildman–Crippen MR) is 247 cm³/mol. The van der Waals surface area contributed by atoms with Crippen LogP contribution in [0, 0.1) is 0 Å². The number of rotatable bonds is 4.